The lowest BCUT2D eigenvalue weighted by Gasteiger charge is -2.18. The van der Waals surface area contributed by atoms with Crippen molar-refractivity contribution in [1.82, 2.24) is 20.1 Å². The lowest BCUT2D eigenvalue weighted by molar-refractivity contribution is 0.216. The molecule has 0 saturated carbocycles. The first-order valence-electron chi connectivity index (χ1n) is 5.29. The first kappa shape index (κ1) is 10.3. The van der Waals surface area contributed by atoms with Crippen LogP contribution in [0.25, 0.3) is 5.57 Å². The van der Waals surface area contributed by atoms with Crippen LogP contribution in [0.1, 0.15) is 19.2 Å². The fourth-order valence-electron chi connectivity index (χ4n) is 1.75. The smallest absolute Gasteiger partial charge is 0.155 e. The summed E-state index contributed by atoms with van der Waals surface area (Å²) in [6.45, 7) is 4.33. The van der Waals surface area contributed by atoms with E-state index in [4.69, 9.17) is 0 Å². The zero-order valence-electron chi connectivity index (χ0n) is 8.85. The summed E-state index contributed by atoms with van der Waals surface area (Å²) in [7, 11) is 0. The summed E-state index contributed by atoms with van der Waals surface area (Å²) in [5, 5.41) is 16.8. The maximum absolute atomic E-state index is 9.50. The van der Waals surface area contributed by atoms with Gasteiger partial charge in [0, 0.05) is 25.2 Å². The molecular weight excluding hydrogens is 192 g/mol. The van der Waals surface area contributed by atoms with E-state index in [0.717, 1.165) is 30.9 Å². The van der Waals surface area contributed by atoms with Crippen molar-refractivity contribution in [2.45, 2.75) is 26.0 Å². The van der Waals surface area contributed by atoms with Crippen LogP contribution in [0.4, 0.5) is 0 Å². The summed E-state index contributed by atoms with van der Waals surface area (Å²) in [5.74, 6) is 0.864. The van der Waals surface area contributed by atoms with Gasteiger partial charge in [-0.1, -0.05) is 6.92 Å². The molecule has 0 radical (unpaired) electrons. The zero-order chi connectivity index (χ0) is 10.7. The van der Waals surface area contributed by atoms with Gasteiger partial charge in [0.1, 0.15) is 6.33 Å². The van der Waals surface area contributed by atoms with Crippen LogP contribution in [0.15, 0.2) is 12.4 Å². The van der Waals surface area contributed by atoms with Crippen LogP contribution >= 0.6 is 0 Å². The van der Waals surface area contributed by atoms with Crippen LogP contribution in [-0.2, 0) is 6.54 Å². The number of hydrogen-bond acceptors (Lipinski definition) is 4. The van der Waals surface area contributed by atoms with Gasteiger partial charge in [-0.3, -0.25) is 0 Å². The van der Waals surface area contributed by atoms with Crippen molar-refractivity contribution >= 4 is 5.57 Å². The first-order valence-corrected chi connectivity index (χ1v) is 5.29. The molecular formula is C10H16N4O. The Labute approximate surface area is 88.8 Å². The number of rotatable bonds is 3. The van der Waals surface area contributed by atoms with E-state index < -0.39 is 6.10 Å². The number of aliphatic hydroxyl groups is 1. The minimum atomic E-state index is -0.416. The van der Waals surface area contributed by atoms with E-state index in [1.165, 1.54) is 0 Å². The normalized spacial score (nSPS) is 21.5. The van der Waals surface area contributed by atoms with Gasteiger partial charge >= 0.3 is 0 Å². The van der Waals surface area contributed by atoms with Crippen molar-refractivity contribution in [3.63, 3.8) is 0 Å². The highest BCUT2D eigenvalue weighted by Crippen LogP contribution is 2.14. The van der Waals surface area contributed by atoms with Crippen LogP contribution < -0.4 is 5.32 Å². The van der Waals surface area contributed by atoms with Crippen LogP contribution in [-0.4, -0.2) is 39.1 Å². The summed E-state index contributed by atoms with van der Waals surface area (Å²) in [5.41, 5.74) is 1.03. The Kier molecular flexibility index (Phi) is 3.13. The van der Waals surface area contributed by atoms with Crippen molar-refractivity contribution in [3.8, 4) is 0 Å². The molecule has 0 fully saturated rings. The third kappa shape index (κ3) is 2.24. The molecule has 0 spiro atoms. The number of nitrogens with zero attached hydrogens (tertiary/aromatic N) is 3. The fraction of sp³-hybridized carbons (Fsp3) is 0.600. The van der Waals surface area contributed by atoms with Gasteiger partial charge < -0.3 is 10.4 Å². The SMILES string of the molecule is CCCn1ncnc1C1=CC(O)CNC1. The molecule has 0 aliphatic carbocycles. The van der Waals surface area contributed by atoms with Gasteiger partial charge in [-0.05, 0) is 12.5 Å². The van der Waals surface area contributed by atoms with Crippen molar-refractivity contribution in [3.05, 3.63) is 18.2 Å². The topological polar surface area (TPSA) is 63.0 Å². The van der Waals surface area contributed by atoms with Crippen molar-refractivity contribution in [2.24, 2.45) is 0 Å². The first-order chi connectivity index (χ1) is 7.31. The van der Waals surface area contributed by atoms with E-state index in [-0.39, 0.29) is 0 Å². The maximum atomic E-state index is 9.50. The number of aryl methyl sites for hydroxylation is 1. The number of hydrogen-bond donors (Lipinski definition) is 2. The molecule has 15 heavy (non-hydrogen) atoms. The van der Waals surface area contributed by atoms with Gasteiger partial charge in [0.15, 0.2) is 5.82 Å². The number of β-amino-alcohol motifs (C(OH)–C–C–N with tert-alkyl or cyclic N) is 1. The second-order valence-corrected chi connectivity index (χ2v) is 3.70. The highest BCUT2D eigenvalue weighted by Gasteiger charge is 2.15. The van der Waals surface area contributed by atoms with Crippen molar-refractivity contribution < 1.29 is 5.11 Å². The molecule has 2 heterocycles. The van der Waals surface area contributed by atoms with Gasteiger partial charge in [0.25, 0.3) is 0 Å². The highest BCUT2D eigenvalue weighted by molar-refractivity contribution is 5.62. The Morgan fingerprint density at radius 1 is 1.67 bits per heavy atom. The van der Waals surface area contributed by atoms with E-state index in [0.29, 0.717) is 6.54 Å². The Hall–Kier alpha value is -1.20. The molecule has 1 atom stereocenters. The van der Waals surface area contributed by atoms with E-state index in [1.807, 2.05) is 10.8 Å². The average Bonchev–Trinajstić information content (AvgIpc) is 2.66. The summed E-state index contributed by atoms with van der Waals surface area (Å²) < 4.78 is 1.88. The van der Waals surface area contributed by atoms with E-state index in [9.17, 15) is 5.11 Å². The van der Waals surface area contributed by atoms with Crippen molar-refractivity contribution in [1.29, 1.82) is 0 Å². The lowest BCUT2D eigenvalue weighted by atomic mass is 10.1. The molecule has 82 valence electrons. The van der Waals surface area contributed by atoms with Crippen molar-refractivity contribution in [2.75, 3.05) is 13.1 Å². The molecule has 2 N–H and O–H groups in total. The molecule has 5 heteroatoms. The summed E-state index contributed by atoms with van der Waals surface area (Å²) in [6.07, 6.45) is 4.03. The van der Waals surface area contributed by atoms with Gasteiger partial charge in [-0.25, -0.2) is 9.67 Å². The quantitative estimate of drug-likeness (QED) is 0.736. The summed E-state index contributed by atoms with van der Waals surface area (Å²) in [6, 6.07) is 0. The Morgan fingerprint density at radius 2 is 2.53 bits per heavy atom. The Morgan fingerprint density at radius 3 is 3.27 bits per heavy atom. The molecule has 2 rings (SSSR count). The second-order valence-electron chi connectivity index (χ2n) is 3.70. The summed E-state index contributed by atoms with van der Waals surface area (Å²) in [4.78, 5) is 4.23. The molecule has 5 nitrogen and oxygen atoms in total. The molecule has 1 aromatic heterocycles. The maximum Gasteiger partial charge on any atom is 0.155 e. The Balaban J connectivity index is 2.24. The minimum absolute atomic E-state index is 0.416. The minimum Gasteiger partial charge on any atom is -0.388 e. The second kappa shape index (κ2) is 4.55. The highest BCUT2D eigenvalue weighted by atomic mass is 16.3. The largest absolute Gasteiger partial charge is 0.388 e. The molecule has 1 unspecified atom stereocenters. The predicted molar refractivity (Wildman–Crippen MR) is 57.2 cm³/mol. The van der Waals surface area contributed by atoms with Crippen LogP contribution in [0, 0.1) is 0 Å². The van der Waals surface area contributed by atoms with Gasteiger partial charge in [-0.2, -0.15) is 5.10 Å². The van der Waals surface area contributed by atoms with Gasteiger partial charge in [0.05, 0.1) is 6.10 Å². The molecule has 1 aliphatic heterocycles. The van der Waals surface area contributed by atoms with Gasteiger partial charge in [0.2, 0.25) is 0 Å². The fourth-order valence-corrected chi connectivity index (χ4v) is 1.75. The number of nitrogens with one attached hydrogen (secondary N) is 1. The van der Waals surface area contributed by atoms with Gasteiger partial charge in [-0.15, -0.1) is 0 Å². The molecule has 0 aromatic carbocycles. The molecule has 0 bridgehead atoms. The third-order valence-electron chi connectivity index (χ3n) is 2.40. The van der Waals surface area contributed by atoms with E-state index in [2.05, 4.69) is 22.3 Å². The molecule has 1 aliphatic rings. The van der Waals surface area contributed by atoms with Crippen LogP contribution in [0.5, 0.6) is 0 Å². The number of aromatic nitrogens is 3. The summed E-state index contributed by atoms with van der Waals surface area (Å²) >= 11 is 0. The standard InChI is InChI=1S/C10H16N4O/c1-2-3-14-10(12-7-13-14)8-4-9(15)6-11-5-8/h4,7,9,11,15H,2-3,5-6H2,1H3. The van der Waals surface area contributed by atoms with E-state index >= 15 is 0 Å². The molecule has 0 saturated heterocycles. The predicted octanol–water partition coefficient (Wildman–Crippen LogP) is 0.0356. The monoisotopic (exact) mass is 208 g/mol. The average molecular weight is 208 g/mol. The lowest BCUT2D eigenvalue weighted by Crippen LogP contribution is -2.32. The molecule has 0 amide bonds. The third-order valence-corrected chi connectivity index (χ3v) is 2.40. The van der Waals surface area contributed by atoms with Crippen LogP contribution in [0.3, 0.4) is 0 Å². The zero-order valence-corrected chi connectivity index (χ0v) is 8.85. The molecule has 1 aromatic rings. The Bertz CT molecular complexity index is 358. The number of aliphatic hydroxyl groups excluding tert-OH is 1. The van der Waals surface area contributed by atoms with Crippen LogP contribution in [0.2, 0.25) is 0 Å². The van der Waals surface area contributed by atoms with E-state index in [1.54, 1.807) is 6.33 Å².